The van der Waals surface area contributed by atoms with Crippen LogP contribution in [0, 0.1) is 12.3 Å². The van der Waals surface area contributed by atoms with E-state index in [9.17, 15) is 0 Å². The molecule has 0 fully saturated rings. The predicted molar refractivity (Wildman–Crippen MR) is 90.6 cm³/mol. The minimum atomic E-state index is 0.369. The lowest BCUT2D eigenvalue weighted by molar-refractivity contribution is 0.256. The highest BCUT2D eigenvalue weighted by Gasteiger charge is 2.27. The Kier molecular flexibility index (Phi) is 7.08. The molecular weight excluding hydrogens is 244 g/mol. The summed E-state index contributed by atoms with van der Waals surface area (Å²) < 4.78 is 0. The molecule has 1 aromatic rings. The van der Waals surface area contributed by atoms with E-state index in [1.165, 1.54) is 30.5 Å². The largest absolute Gasteiger partial charge is 0.374 e. The minimum absolute atomic E-state index is 0.369. The van der Waals surface area contributed by atoms with Gasteiger partial charge in [0.1, 0.15) is 0 Å². The van der Waals surface area contributed by atoms with Crippen LogP contribution < -0.4 is 10.2 Å². The summed E-state index contributed by atoms with van der Waals surface area (Å²) in [7, 11) is 2.22. The first-order valence-corrected chi connectivity index (χ1v) is 8.05. The summed E-state index contributed by atoms with van der Waals surface area (Å²) in [5, 5.41) is 3.62. The van der Waals surface area contributed by atoms with E-state index in [0.29, 0.717) is 5.41 Å². The molecule has 114 valence electrons. The van der Waals surface area contributed by atoms with Gasteiger partial charge in [0.05, 0.1) is 0 Å². The highest BCUT2D eigenvalue weighted by atomic mass is 15.1. The van der Waals surface area contributed by atoms with Crippen molar-refractivity contribution in [1.29, 1.82) is 0 Å². The molecular formula is C18H32N2. The van der Waals surface area contributed by atoms with Gasteiger partial charge < -0.3 is 10.2 Å². The summed E-state index contributed by atoms with van der Waals surface area (Å²) >= 11 is 0. The second kappa shape index (κ2) is 8.31. The molecule has 0 amide bonds. The first kappa shape index (κ1) is 17.0. The molecule has 20 heavy (non-hydrogen) atoms. The second-order valence-corrected chi connectivity index (χ2v) is 6.08. The summed E-state index contributed by atoms with van der Waals surface area (Å²) in [6.07, 6.45) is 3.64. The monoisotopic (exact) mass is 276 g/mol. The van der Waals surface area contributed by atoms with Crippen LogP contribution in [0.4, 0.5) is 5.69 Å². The Labute approximate surface area is 125 Å². The quantitative estimate of drug-likeness (QED) is 0.679. The summed E-state index contributed by atoms with van der Waals surface area (Å²) in [6, 6.07) is 8.79. The lowest BCUT2D eigenvalue weighted by Crippen LogP contribution is -2.42. The van der Waals surface area contributed by atoms with Gasteiger partial charge in [0.2, 0.25) is 0 Å². The van der Waals surface area contributed by atoms with E-state index in [0.717, 1.165) is 19.6 Å². The zero-order valence-corrected chi connectivity index (χ0v) is 14.0. The van der Waals surface area contributed by atoms with Gasteiger partial charge in [-0.3, -0.25) is 0 Å². The van der Waals surface area contributed by atoms with Crippen LogP contribution >= 0.6 is 0 Å². The molecule has 0 radical (unpaired) electrons. The zero-order chi connectivity index (χ0) is 15.0. The van der Waals surface area contributed by atoms with Gasteiger partial charge in [0.15, 0.2) is 0 Å². The van der Waals surface area contributed by atoms with E-state index in [2.05, 4.69) is 69.2 Å². The molecule has 1 rings (SSSR count). The van der Waals surface area contributed by atoms with Crippen LogP contribution in [0.5, 0.6) is 0 Å². The molecule has 2 heteroatoms. The summed E-state index contributed by atoms with van der Waals surface area (Å²) in [6.45, 7) is 12.4. The van der Waals surface area contributed by atoms with E-state index in [1.807, 2.05) is 0 Å². The Morgan fingerprint density at radius 1 is 1.15 bits per heavy atom. The third kappa shape index (κ3) is 4.82. The number of anilines is 1. The van der Waals surface area contributed by atoms with E-state index in [-0.39, 0.29) is 0 Å². The Hall–Kier alpha value is -1.02. The van der Waals surface area contributed by atoms with Gasteiger partial charge in [0, 0.05) is 25.8 Å². The maximum atomic E-state index is 3.62. The van der Waals surface area contributed by atoms with Crippen LogP contribution in [0.25, 0.3) is 0 Å². The second-order valence-electron chi connectivity index (χ2n) is 6.08. The molecule has 0 saturated carbocycles. The van der Waals surface area contributed by atoms with Gasteiger partial charge in [-0.15, -0.1) is 0 Å². The number of hydrogen-bond acceptors (Lipinski definition) is 2. The van der Waals surface area contributed by atoms with Gasteiger partial charge in [-0.25, -0.2) is 0 Å². The SMILES string of the molecule is CCCNCC(CC)(CC)CN(C)c1cccc(C)c1. The maximum absolute atomic E-state index is 3.62. The molecule has 1 aromatic carbocycles. The van der Waals surface area contributed by atoms with Crippen molar-refractivity contribution < 1.29 is 0 Å². The molecule has 0 bridgehead atoms. The number of nitrogens with one attached hydrogen (secondary N) is 1. The lowest BCUT2D eigenvalue weighted by atomic mass is 9.81. The zero-order valence-electron chi connectivity index (χ0n) is 14.0. The van der Waals surface area contributed by atoms with Gasteiger partial charge in [-0.05, 0) is 55.8 Å². The molecule has 0 heterocycles. The minimum Gasteiger partial charge on any atom is -0.374 e. The van der Waals surface area contributed by atoms with Gasteiger partial charge >= 0.3 is 0 Å². The molecule has 0 aliphatic heterocycles. The summed E-state index contributed by atoms with van der Waals surface area (Å²) in [5.74, 6) is 0. The Morgan fingerprint density at radius 2 is 1.85 bits per heavy atom. The Bertz CT molecular complexity index is 383. The van der Waals surface area contributed by atoms with Crippen LogP contribution in [-0.4, -0.2) is 26.7 Å². The van der Waals surface area contributed by atoms with Crippen molar-refractivity contribution in [2.45, 2.75) is 47.0 Å². The van der Waals surface area contributed by atoms with Crippen LogP contribution in [0.3, 0.4) is 0 Å². The fourth-order valence-corrected chi connectivity index (χ4v) is 2.77. The van der Waals surface area contributed by atoms with Crippen molar-refractivity contribution in [3.63, 3.8) is 0 Å². The number of nitrogens with zero attached hydrogens (tertiary/aromatic N) is 1. The third-order valence-electron chi connectivity index (χ3n) is 4.44. The van der Waals surface area contributed by atoms with Crippen LogP contribution in [-0.2, 0) is 0 Å². The van der Waals surface area contributed by atoms with E-state index < -0.39 is 0 Å². The van der Waals surface area contributed by atoms with Crippen molar-refractivity contribution in [3.8, 4) is 0 Å². The normalized spacial score (nSPS) is 11.7. The smallest absolute Gasteiger partial charge is 0.0366 e. The van der Waals surface area contributed by atoms with E-state index in [4.69, 9.17) is 0 Å². The van der Waals surface area contributed by atoms with Gasteiger partial charge in [0.25, 0.3) is 0 Å². The van der Waals surface area contributed by atoms with E-state index in [1.54, 1.807) is 0 Å². The first-order chi connectivity index (χ1) is 9.56. The van der Waals surface area contributed by atoms with Crippen molar-refractivity contribution >= 4 is 5.69 Å². The number of rotatable bonds is 9. The third-order valence-corrected chi connectivity index (χ3v) is 4.44. The highest BCUT2D eigenvalue weighted by molar-refractivity contribution is 5.47. The standard InChI is InChI=1S/C18H32N2/c1-6-12-19-14-18(7-2,8-3)15-20(5)17-11-9-10-16(4)13-17/h9-11,13,19H,6-8,12,14-15H2,1-5H3. The van der Waals surface area contributed by atoms with Crippen LogP contribution in [0.2, 0.25) is 0 Å². The number of benzene rings is 1. The first-order valence-electron chi connectivity index (χ1n) is 8.05. The topological polar surface area (TPSA) is 15.3 Å². The molecule has 1 N–H and O–H groups in total. The number of aryl methyl sites for hydroxylation is 1. The van der Waals surface area contributed by atoms with E-state index >= 15 is 0 Å². The van der Waals surface area contributed by atoms with Crippen molar-refractivity contribution in [3.05, 3.63) is 29.8 Å². The average molecular weight is 276 g/mol. The van der Waals surface area contributed by atoms with Crippen molar-refractivity contribution in [2.75, 3.05) is 31.6 Å². The van der Waals surface area contributed by atoms with Gasteiger partial charge in [-0.1, -0.05) is 32.9 Å². The molecule has 0 aliphatic carbocycles. The fourth-order valence-electron chi connectivity index (χ4n) is 2.77. The van der Waals surface area contributed by atoms with Crippen LogP contribution in [0.15, 0.2) is 24.3 Å². The fraction of sp³-hybridized carbons (Fsp3) is 0.667. The molecule has 0 unspecified atom stereocenters. The summed E-state index contributed by atoms with van der Waals surface area (Å²) in [4.78, 5) is 2.41. The van der Waals surface area contributed by atoms with Crippen molar-refractivity contribution in [1.82, 2.24) is 5.32 Å². The Morgan fingerprint density at radius 3 is 2.40 bits per heavy atom. The molecule has 0 aliphatic rings. The maximum Gasteiger partial charge on any atom is 0.0366 e. The molecule has 0 aromatic heterocycles. The molecule has 2 nitrogen and oxygen atoms in total. The predicted octanol–water partition coefficient (Wildman–Crippen LogP) is 4.24. The summed E-state index contributed by atoms with van der Waals surface area (Å²) in [5.41, 5.74) is 3.03. The molecule has 0 saturated heterocycles. The Balaban J connectivity index is 2.73. The highest BCUT2D eigenvalue weighted by Crippen LogP contribution is 2.28. The lowest BCUT2D eigenvalue weighted by Gasteiger charge is -2.37. The van der Waals surface area contributed by atoms with Gasteiger partial charge in [-0.2, -0.15) is 0 Å². The molecule has 0 atom stereocenters. The van der Waals surface area contributed by atoms with Crippen molar-refractivity contribution in [2.24, 2.45) is 5.41 Å². The average Bonchev–Trinajstić information content (AvgIpc) is 2.46. The number of hydrogen-bond donors (Lipinski definition) is 1. The molecule has 0 spiro atoms. The van der Waals surface area contributed by atoms with Crippen LogP contribution in [0.1, 0.15) is 45.6 Å².